The first kappa shape index (κ1) is 28.0. The Morgan fingerprint density at radius 3 is 2.32 bits per heavy atom. The predicted molar refractivity (Wildman–Crippen MR) is 126 cm³/mol. The van der Waals surface area contributed by atoms with E-state index in [1.165, 1.54) is 28.6 Å². The molecule has 4 N–H and O–H groups in total. The van der Waals surface area contributed by atoms with Gasteiger partial charge in [-0.2, -0.15) is 17.4 Å². The Balaban J connectivity index is 1.67. The zero-order chi connectivity index (χ0) is 25.4. The van der Waals surface area contributed by atoms with Crippen molar-refractivity contribution >= 4 is 22.2 Å². The van der Waals surface area contributed by atoms with Crippen LogP contribution in [0.2, 0.25) is 0 Å². The highest BCUT2D eigenvalue weighted by molar-refractivity contribution is 7.87. The first-order valence-electron chi connectivity index (χ1n) is 11.4. The molecule has 0 spiro atoms. The molecular weight excluding hydrogens is 465 g/mol. The molecule has 0 aromatic heterocycles. The second kappa shape index (κ2) is 12.4. The van der Waals surface area contributed by atoms with E-state index in [-0.39, 0.29) is 44.4 Å². The molecule has 1 saturated heterocycles. The number of unbranched alkanes of at least 4 members (excludes halogenated alkanes) is 1. The summed E-state index contributed by atoms with van der Waals surface area (Å²) in [7, 11) is -3.72. The van der Waals surface area contributed by atoms with E-state index >= 15 is 0 Å². The second-order valence-corrected chi connectivity index (χ2v) is 11.0. The van der Waals surface area contributed by atoms with Crippen molar-refractivity contribution in [3.8, 4) is 0 Å². The van der Waals surface area contributed by atoms with Crippen LogP contribution in [-0.4, -0.2) is 74.0 Å². The number of hydrogen-bond donors (Lipinski definition) is 3. The van der Waals surface area contributed by atoms with Crippen LogP contribution >= 0.6 is 0 Å². The molecule has 2 amide bonds. The van der Waals surface area contributed by atoms with Crippen molar-refractivity contribution in [2.24, 2.45) is 5.73 Å². The molecule has 10 nitrogen and oxygen atoms in total. The van der Waals surface area contributed by atoms with Gasteiger partial charge in [0, 0.05) is 39.3 Å². The highest BCUT2D eigenvalue weighted by Gasteiger charge is 2.30. The Morgan fingerprint density at radius 2 is 1.74 bits per heavy atom. The summed E-state index contributed by atoms with van der Waals surface area (Å²) in [6, 6.07) is 4.90. The van der Waals surface area contributed by atoms with E-state index in [1.807, 2.05) is 0 Å². The Morgan fingerprint density at radius 1 is 1.12 bits per heavy atom. The highest BCUT2D eigenvalue weighted by atomic mass is 32.2. The number of benzene rings is 1. The number of hydrogen-bond acceptors (Lipinski definition) is 6. The third kappa shape index (κ3) is 9.53. The standard InChI is InChI=1S/C22H36FN5O5S/c1-22(2,3)33-21(30)25-11-5-4-6-19(24)20(29)27-12-14-28(15-13-27)34(31,32)26-16-17-7-9-18(23)10-8-17/h7-10,19,26H,4-6,11-16,24H2,1-3H3,(H,25,30). The van der Waals surface area contributed by atoms with Crippen LogP contribution in [0.3, 0.4) is 0 Å². The van der Waals surface area contributed by atoms with Crippen LogP contribution < -0.4 is 15.8 Å². The van der Waals surface area contributed by atoms with Gasteiger partial charge in [0.1, 0.15) is 11.4 Å². The van der Waals surface area contributed by atoms with Crippen molar-refractivity contribution in [1.29, 1.82) is 0 Å². The van der Waals surface area contributed by atoms with Crippen LogP contribution in [0.4, 0.5) is 9.18 Å². The van der Waals surface area contributed by atoms with Crippen LogP contribution in [0.15, 0.2) is 24.3 Å². The molecule has 0 aliphatic carbocycles. The molecule has 2 rings (SSSR count). The molecule has 1 heterocycles. The number of halogens is 1. The van der Waals surface area contributed by atoms with Gasteiger partial charge in [-0.3, -0.25) is 4.79 Å². The number of carbonyl (C=O) groups excluding carboxylic acids is 2. The predicted octanol–water partition coefficient (Wildman–Crippen LogP) is 1.33. The van der Waals surface area contributed by atoms with Gasteiger partial charge in [0.2, 0.25) is 5.91 Å². The monoisotopic (exact) mass is 501 g/mol. The lowest BCUT2D eigenvalue weighted by atomic mass is 10.1. The molecule has 0 radical (unpaired) electrons. The van der Waals surface area contributed by atoms with Gasteiger partial charge in [-0.1, -0.05) is 12.1 Å². The molecule has 0 bridgehead atoms. The summed E-state index contributed by atoms with van der Waals surface area (Å²) >= 11 is 0. The maximum absolute atomic E-state index is 13.0. The number of nitrogens with one attached hydrogen (secondary N) is 2. The maximum atomic E-state index is 13.0. The zero-order valence-corrected chi connectivity index (χ0v) is 20.9. The van der Waals surface area contributed by atoms with Crippen molar-refractivity contribution in [2.75, 3.05) is 32.7 Å². The van der Waals surface area contributed by atoms with Gasteiger partial charge in [-0.05, 0) is 57.7 Å². The SMILES string of the molecule is CC(C)(C)OC(=O)NCCCCC(N)C(=O)N1CCN(S(=O)(=O)NCc2ccc(F)cc2)CC1. The Bertz CT molecular complexity index is 913. The minimum absolute atomic E-state index is 0.0510. The molecule has 0 saturated carbocycles. The van der Waals surface area contributed by atoms with E-state index in [0.29, 0.717) is 31.4 Å². The first-order valence-corrected chi connectivity index (χ1v) is 12.8. The number of alkyl carbamates (subject to hydrolysis) is 1. The average molecular weight is 502 g/mol. The van der Waals surface area contributed by atoms with Gasteiger partial charge in [0.05, 0.1) is 6.04 Å². The number of carbonyl (C=O) groups is 2. The zero-order valence-electron chi connectivity index (χ0n) is 20.0. The fourth-order valence-corrected chi connectivity index (χ4v) is 4.54. The molecule has 192 valence electrons. The maximum Gasteiger partial charge on any atom is 0.407 e. The normalized spacial score (nSPS) is 16.2. The van der Waals surface area contributed by atoms with Gasteiger partial charge in [0.25, 0.3) is 10.2 Å². The molecule has 1 atom stereocenters. The number of nitrogens with zero attached hydrogens (tertiary/aromatic N) is 2. The smallest absolute Gasteiger partial charge is 0.407 e. The molecule has 1 aromatic rings. The van der Waals surface area contributed by atoms with Crippen molar-refractivity contribution in [1.82, 2.24) is 19.2 Å². The number of rotatable bonds is 10. The van der Waals surface area contributed by atoms with Gasteiger partial charge >= 0.3 is 6.09 Å². The van der Waals surface area contributed by atoms with Crippen LogP contribution in [0.5, 0.6) is 0 Å². The Hall–Kier alpha value is -2.28. The van der Waals surface area contributed by atoms with E-state index < -0.39 is 27.9 Å². The minimum Gasteiger partial charge on any atom is -0.444 e. The number of ether oxygens (including phenoxy) is 1. The summed E-state index contributed by atoms with van der Waals surface area (Å²) in [5.41, 5.74) is 6.13. The van der Waals surface area contributed by atoms with Gasteiger partial charge in [-0.25, -0.2) is 9.18 Å². The molecule has 1 aliphatic rings. The summed E-state index contributed by atoms with van der Waals surface area (Å²) < 4.78 is 47.0. The second-order valence-electron chi connectivity index (χ2n) is 9.21. The van der Waals surface area contributed by atoms with Crippen LogP contribution in [0.25, 0.3) is 0 Å². The van der Waals surface area contributed by atoms with Crippen molar-refractivity contribution in [3.63, 3.8) is 0 Å². The summed E-state index contributed by atoms with van der Waals surface area (Å²) in [6.07, 6.45) is 1.30. The summed E-state index contributed by atoms with van der Waals surface area (Å²) in [5.74, 6) is -0.598. The lowest BCUT2D eigenvalue weighted by Gasteiger charge is -2.35. The van der Waals surface area contributed by atoms with Gasteiger partial charge in [-0.15, -0.1) is 0 Å². The third-order valence-electron chi connectivity index (χ3n) is 5.19. The summed E-state index contributed by atoms with van der Waals surface area (Å²) in [5, 5.41) is 2.67. The Kier molecular flexibility index (Phi) is 10.2. The quantitative estimate of drug-likeness (QED) is 0.414. The first-order chi connectivity index (χ1) is 15.9. The minimum atomic E-state index is -3.72. The van der Waals surface area contributed by atoms with E-state index in [2.05, 4.69) is 10.0 Å². The molecule has 34 heavy (non-hydrogen) atoms. The summed E-state index contributed by atoms with van der Waals surface area (Å²) in [4.78, 5) is 25.8. The van der Waals surface area contributed by atoms with Crippen LogP contribution in [0.1, 0.15) is 45.6 Å². The van der Waals surface area contributed by atoms with Crippen molar-refractivity contribution in [2.45, 2.75) is 58.2 Å². The van der Waals surface area contributed by atoms with E-state index in [9.17, 15) is 22.4 Å². The van der Waals surface area contributed by atoms with E-state index in [0.717, 1.165) is 0 Å². The third-order valence-corrected chi connectivity index (χ3v) is 6.74. The van der Waals surface area contributed by atoms with E-state index in [4.69, 9.17) is 10.5 Å². The van der Waals surface area contributed by atoms with E-state index in [1.54, 1.807) is 25.7 Å². The molecule has 1 aromatic carbocycles. The number of piperazine rings is 1. The number of nitrogens with two attached hydrogens (primary N) is 1. The van der Waals surface area contributed by atoms with Crippen LogP contribution in [-0.2, 0) is 26.3 Å². The van der Waals surface area contributed by atoms with Crippen molar-refractivity contribution in [3.05, 3.63) is 35.6 Å². The lowest BCUT2D eigenvalue weighted by Crippen LogP contribution is -2.55. The van der Waals surface area contributed by atoms with Gasteiger partial charge in [0.15, 0.2) is 0 Å². The molecule has 1 unspecified atom stereocenters. The summed E-state index contributed by atoms with van der Waals surface area (Å²) in [6.45, 7) is 6.68. The molecule has 1 aliphatic heterocycles. The fourth-order valence-electron chi connectivity index (χ4n) is 3.37. The topological polar surface area (TPSA) is 134 Å². The lowest BCUT2D eigenvalue weighted by molar-refractivity contribution is -0.134. The highest BCUT2D eigenvalue weighted by Crippen LogP contribution is 2.11. The molecule has 1 fully saturated rings. The van der Waals surface area contributed by atoms with Crippen LogP contribution in [0, 0.1) is 5.82 Å². The van der Waals surface area contributed by atoms with Crippen molar-refractivity contribution < 1.29 is 27.1 Å². The Labute approximate surface area is 201 Å². The fraction of sp³-hybridized carbons (Fsp3) is 0.636. The van der Waals surface area contributed by atoms with Gasteiger partial charge < -0.3 is 20.7 Å². The molecular formula is C22H36FN5O5S. The average Bonchev–Trinajstić information content (AvgIpc) is 2.76. The number of amides is 2. The largest absolute Gasteiger partial charge is 0.444 e. The molecule has 12 heteroatoms.